The van der Waals surface area contributed by atoms with Crippen LogP contribution in [-0.2, 0) is 0 Å². The Morgan fingerprint density at radius 3 is 2.78 bits per heavy atom. The lowest BCUT2D eigenvalue weighted by Crippen LogP contribution is -2.25. The number of hydrogen-bond donors (Lipinski definition) is 1. The summed E-state index contributed by atoms with van der Waals surface area (Å²) in [7, 11) is 0. The molecule has 0 saturated heterocycles. The number of aryl methyl sites for hydroxylation is 1. The Morgan fingerprint density at radius 2 is 2.04 bits per heavy atom. The molecule has 1 fully saturated rings. The SMILES string of the molecule is Cc1cc2c(-c3ccc(C(=O)NCC4CC4)cc3)ncnc2s1. The van der Waals surface area contributed by atoms with Gasteiger partial charge in [0.05, 0.1) is 5.69 Å². The molecule has 2 heterocycles. The van der Waals surface area contributed by atoms with E-state index in [0.29, 0.717) is 11.5 Å². The van der Waals surface area contributed by atoms with Crippen molar-refractivity contribution in [3.63, 3.8) is 0 Å². The molecule has 1 saturated carbocycles. The summed E-state index contributed by atoms with van der Waals surface area (Å²) < 4.78 is 0. The van der Waals surface area contributed by atoms with Crippen molar-refractivity contribution in [2.45, 2.75) is 19.8 Å². The van der Waals surface area contributed by atoms with Crippen molar-refractivity contribution in [2.75, 3.05) is 6.54 Å². The van der Waals surface area contributed by atoms with Crippen LogP contribution in [0.15, 0.2) is 36.7 Å². The summed E-state index contributed by atoms with van der Waals surface area (Å²) in [6.45, 7) is 2.87. The zero-order chi connectivity index (χ0) is 15.8. The zero-order valence-corrected chi connectivity index (χ0v) is 13.7. The molecular formula is C18H17N3OS. The van der Waals surface area contributed by atoms with E-state index in [9.17, 15) is 4.79 Å². The van der Waals surface area contributed by atoms with Gasteiger partial charge in [0.15, 0.2) is 0 Å². The summed E-state index contributed by atoms with van der Waals surface area (Å²) in [6, 6.07) is 9.77. The number of aromatic nitrogens is 2. The highest BCUT2D eigenvalue weighted by Gasteiger charge is 2.21. The van der Waals surface area contributed by atoms with Gasteiger partial charge in [-0.15, -0.1) is 11.3 Å². The van der Waals surface area contributed by atoms with Gasteiger partial charge in [0.25, 0.3) is 5.91 Å². The highest BCUT2D eigenvalue weighted by atomic mass is 32.1. The van der Waals surface area contributed by atoms with Crippen LogP contribution >= 0.6 is 11.3 Å². The third kappa shape index (κ3) is 2.97. The first-order chi connectivity index (χ1) is 11.2. The Bertz CT molecular complexity index is 866. The lowest BCUT2D eigenvalue weighted by Gasteiger charge is -2.06. The molecule has 1 aliphatic rings. The highest BCUT2D eigenvalue weighted by molar-refractivity contribution is 7.18. The van der Waals surface area contributed by atoms with Crippen LogP contribution in [0.3, 0.4) is 0 Å². The molecule has 116 valence electrons. The van der Waals surface area contributed by atoms with Gasteiger partial charge in [-0.25, -0.2) is 9.97 Å². The molecule has 23 heavy (non-hydrogen) atoms. The van der Waals surface area contributed by atoms with E-state index in [0.717, 1.165) is 28.0 Å². The van der Waals surface area contributed by atoms with Gasteiger partial charge in [-0.1, -0.05) is 12.1 Å². The lowest BCUT2D eigenvalue weighted by atomic mass is 10.1. The van der Waals surface area contributed by atoms with Gasteiger partial charge in [0.1, 0.15) is 11.2 Å². The summed E-state index contributed by atoms with van der Waals surface area (Å²) in [5, 5.41) is 4.06. The van der Waals surface area contributed by atoms with Crippen LogP contribution in [0.2, 0.25) is 0 Å². The van der Waals surface area contributed by atoms with E-state index in [1.54, 1.807) is 17.7 Å². The third-order valence-corrected chi connectivity index (χ3v) is 5.08. The summed E-state index contributed by atoms with van der Waals surface area (Å²) in [5.74, 6) is 0.692. The van der Waals surface area contributed by atoms with Crippen molar-refractivity contribution in [3.8, 4) is 11.3 Å². The highest BCUT2D eigenvalue weighted by Crippen LogP contribution is 2.31. The maximum Gasteiger partial charge on any atom is 0.251 e. The second-order valence-electron chi connectivity index (χ2n) is 6.03. The molecule has 1 aliphatic carbocycles. The number of carbonyl (C=O) groups excluding carboxylic acids is 1. The molecule has 3 aromatic rings. The average molecular weight is 323 g/mol. The fourth-order valence-corrected chi connectivity index (χ4v) is 3.49. The molecule has 1 aromatic carbocycles. The number of carbonyl (C=O) groups is 1. The van der Waals surface area contributed by atoms with Crippen molar-refractivity contribution < 1.29 is 4.79 Å². The smallest absolute Gasteiger partial charge is 0.251 e. The average Bonchev–Trinajstić information content (AvgIpc) is 3.31. The summed E-state index contributed by atoms with van der Waals surface area (Å²) in [4.78, 5) is 23.1. The Balaban J connectivity index is 1.60. The fraction of sp³-hybridized carbons (Fsp3) is 0.278. The number of nitrogens with one attached hydrogen (secondary N) is 1. The minimum atomic E-state index is 0.00247. The van der Waals surface area contributed by atoms with Crippen molar-refractivity contribution in [1.82, 2.24) is 15.3 Å². The van der Waals surface area contributed by atoms with Gasteiger partial charge >= 0.3 is 0 Å². The predicted octanol–water partition coefficient (Wildman–Crippen LogP) is 3.81. The Kier molecular flexibility index (Phi) is 3.58. The standard InChI is InChI=1S/C18H17N3OS/c1-11-8-15-16(20-10-21-18(15)23-11)13-4-6-14(7-5-13)17(22)19-9-12-2-3-12/h4-8,10,12H,2-3,9H2,1H3,(H,19,22). The molecule has 4 nitrogen and oxygen atoms in total. The number of rotatable bonds is 4. The summed E-state index contributed by atoms with van der Waals surface area (Å²) >= 11 is 1.67. The minimum Gasteiger partial charge on any atom is -0.352 e. The van der Waals surface area contributed by atoms with Gasteiger partial charge in [-0.2, -0.15) is 0 Å². The Hall–Kier alpha value is -2.27. The molecule has 0 radical (unpaired) electrons. The Morgan fingerprint density at radius 1 is 1.26 bits per heavy atom. The Labute approximate surface area is 138 Å². The molecule has 0 atom stereocenters. The van der Waals surface area contributed by atoms with E-state index in [-0.39, 0.29) is 5.91 Å². The molecule has 0 aliphatic heterocycles. The first-order valence-electron chi connectivity index (χ1n) is 7.80. The molecule has 2 aromatic heterocycles. The van der Waals surface area contributed by atoms with Crippen LogP contribution in [0.5, 0.6) is 0 Å². The van der Waals surface area contributed by atoms with Gasteiger partial charge in [0.2, 0.25) is 0 Å². The zero-order valence-electron chi connectivity index (χ0n) is 12.9. The monoisotopic (exact) mass is 323 g/mol. The van der Waals surface area contributed by atoms with E-state index in [1.165, 1.54) is 17.7 Å². The number of fused-ring (bicyclic) bond motifs is 1. The van der Waals surface area contributed by atoms with Gasteiger partial charge < -0.3 is 5.32 Å². The minimum absolute atomic E-state index is 0.00247. The predicted molar refractivity (Wildman–Crippen MR) is 92.6 cm³/mol. The van der Waals surface area contributed by atoms with Crippen molar-refractivity contribution >= 4 is 27.5 Å². The second kappa shape index (κ2) is 5.74. The third-order valence-electron chi connectivity index (χ3n) is 4.12. The maximum atomic E-state index is 12.1. The van der Waals surface area contributed by atoms with Crippen molar-refractivity contribution in [1.29, 1.82) is 0 Å². The van der Waals surface area contributed by atoms with E-state index in [2.05, 4.69) is 28.3 Å². The van der Waals surface area contributed by atoms with Crippen LogP contribution in [0.4, 0.5) is 0 Å². The number of hydrogen-bond acceptors (Lipinski definition) is 4. The van der Waals surface area contributed by atoms with Crippen LogP contribution in [0.25, 0.3) is 21.5 Å². The fourth-order valence-electron chi connectivity index (χ4n) is 2.65. The molecule has 1 amide bonds. The molecule has 0 bridgehead atoms. The van der Waals surface area contributed by atoms with Gasteiger partial charge in [0, 0.05) is 27.9 Å². The number of nitrogens with zero attached hydrogens (tertiary/aromatic N) is 2. The molecule has 4 rings (SSSR count). The number of amides is 1. The lowest BCUT2D eigenvalue weighted by molar-refractivity contribution is 0.0952. The molecule has 0 unspecified atom stereocenters. The molecular weight excluding hydrogens is 306 g/mol. The first-order valence-corrected chi connectivity index (χ1v) is 8.62. The van der Waals surface area contributed by atoms with Crippen molar-refractivity contribution in [2.24, 2.45) is 5.92 Å². The van der Waals surface area contributed by atoms with Crippen LogP contribution < -0.4 is 5.32 Å². The van der Waals surface area contributed by atoms with Gasteiger partial charge in [-0.05, 0) is 43.9 Å². The maximum absolute atomic E-state index is 12.1. The molecule has 5 heteroatoms. The van der Waals surface area contributed by atoms with E-state index >= 15 is 0 Å². The topological polar surface area (TPSA) is 54.9 Å². The van der Waals surface area contributed by atoms with E-state index in [1.807, 2.05) is 24.3 Å². The quantitative estimate of drug-likeness (QED) is 0.794. The summed E-state index contributed by atoms with van der Waals surface area (Å²) in [6.07, 6.45) is 4.08. The first kappa shape index (κ1) is 14.3. The second-order valence-corrected chi connectivity index (χ2v) is 7.26. The number of thiophene rings is 1. The van der Waals surface area contributed by atoms with E-state index < -0.39 is 0 Å². The van der Waals surface area contributed by atoms with Crippen LogP contribution in [0, 0.1) is 12.8 Å². The number of benzene rings is 1. The van der Waals surface area contributed by atoms with Crippen LogP contribution in [-0.4, -0.2) is 22.4 Å². The van der Waals surface area contributed by atoms with Gasteiger partial charge in [-0.3, -0.25) is 4.79 Å². The largest absolute Gasteiger partial charge is 0.352 e. The summed E-state index contributed by atoms with van der Waals surface area (Å²) in [5.41, 5.74) is 2.62. The molecule has 1 N–H and O–H groups in total. The van der Waals surface area contributed by atoms with Crippen LogP contribution in [0.1, 0.15) is 28.1 Å². The normalized spacial score (nSPS) is 14.1. The van der Waals surface area contributed by atoms with Crippen molar-refractivity contribution in [3.05, 3.63) is 47.1 Å². The van der Waals surface area contributed by atoms with E-state index in [4.69, 9.17) is 0 Å². The molecule has 0 spiro atoms.